The summed E-state index contributed by atoms with van der Waals surface area (Å²) in [6.45, 7) is 10.2. The third kappa shape index (κ3) is 3.91. The molecule has 1 aliphatic rings. The predicted molar refractivity (Wildman–Crippen MR) is 78.6 cm³/mol. The lowest BCUT2D eigenvalue weighted by atomic mass is 10.1. The van der Waals surface area contributed by atoms with E-state index in [1.807, 2.05) is 6.20 Å². The number of pyridine rings is 1. The number of anilines is 1. The number of nitrogens with zero attached hydrogens (tertiary/aromatic N) is 2. The summed E-state index contributed by atoms with van der Waals surface area (Å²) in [4.78, 5) is 6.81. The SMILES string of the molecule is CCCNC(C)c1ccnc(N2CCOC(C)C2)c1. The Bertz CT molecular complexity index is 397. The smallest absolute Gasteiger partial charge is 0.128 e. The van der Waals surface area contributed by atoms with Crippen LogP contribution in [0.25, 0.3) is 0 Å². The van der Waals surface area contributed by atoms with Gasteiger partial charge in [-0.25, -0.2) is 4.98 Å². The van der Waals surface area contributed by atoms with Gasteiger partial charge in [0.1, 0.15) is 5.82 Å². The molecule has 1 aliphatic heterocycles. The van der Waals surface area contributed by atoms with E-state index in [-0.39, 0.29) is 6.10 Å². The summed E-state index contributed by atoms with van der Waals surface area (Å²) in [5.74, 6) is 1.07. The van der Waals surface area contributed by atoms with Crippen LogP contribution in [-0.4, -0.2) is 37.3 Å². The van der Waals surface area contributed by atoms with Gasteiger partial charge in [0, 0.05) is 25.3 Å². The van der Waals surface area contributed by atoms with Gasteiger partial charge < -0.3 is 15.0 Å². The molecule has 0 amide bonds. The summed E-state index contributed by atoms with van der Waals surface area (Å²) in [6, 6.07) is 4.67. The van der Waals surface area contributed by atoms with E-state index < -0.39 is 0 Å². The first-order chi connectivity index (χ1) is 9.20. The largest absolute Gasteiger partial charge is 0.375 e. The molecule has 2 rings (SSSR count). The van der Waals surface area contributed by atoms with Crippen LogP contribution < -0.4 is 10.2 Å². The van der Waals surface area contributed by atoms with Crippen LogP contribution in [-0.2, 0) is 4.74 Å². The molecule has 4 nitrogen and oxygen atoms in total. The zero-order chi connectivity index (χ0) is 13.7. The second kappa shape index (κ2) is 6.87. The predicted octanol–water partition coefficient (Wildman–Crippen LogP) is 2.37. The van der Waals surface area contributed by atoms with Crippen molar-refractivity contribution in [2.45, 2.75) is 39.3 Å². The number of rotatable bonds is 5. The van der Waals surface area contributed by atoms with Crippen LogP contribution in [0.2, 0.25) is 0 Å². The van der Waals surface area contributed by atoms with Gasteiger partial charge in [-0.15, -0.1) is 0 Å². The highest BCUT2D eigenvalue weighted by atomic mass is 16.5. The van der Waals surface area contributed by atoms with E-state index in [4.69, 9.17) is 4.74 Å². The van der Waals surface area contributed by atoms with E-state index in [2.05, 4.69) is 48.1 Å². The lowest BCUT2D eigenvalue weighted by Gasteiger charge is -2.32. The van der Waals surface area contributed by atoms with Crippen molar-refractivity contribution in [2.75, 3.05) is 31.1 Å². The number of hydrogen-bond acceptors (Lipinski definition) is 4. The molecule has 19 heavy (non-hydrogen) atoms. The Kier molecular flexibility index (Phi) is 5.16. The van der Waals surface area contributed by atoms with E-state index >= 15 is 0 Å². The molecule has 0 aliphatic carbocycles. The molecule has 0 saturated carbocycles. The molecule has 2 atom stereocenters. The fraction of sp³-hybridized carbons (Fsp3) is 0.667. The van der Waals surface area contributed by atoms with Gasteiger partial charge in [-0.2, -0.15) is 0 Å². The first-order valence-corrected chi connectivity index (χ1v) is 7.26. The maximum absolute atomic E-state index is 5.58. The lowest BCUT2D eigenvalue weighted by Crippen LogP contribution is -2.41. The standard InChI is InChI=1S/C15H25N3O/c1-4-6-16-13(3)14-5-7-17-15(10-14)18-8-9-19-12(2)11-18/h5,7,10,12-13,16H,4,6,8-9,11H2,1-3H3. The number of nitrogens with one attached hydrogen (secondary N) is 1. The molecular formula is C15H25N3O. The molecule has 1 saturated heterocycles. The Morgan fingerprint density at radius 1 is 1.58 bits per heavy atom. The van der Waals surface area contributed by atoms with Crippen molar-refractivity contribution < 1.29 is 4.74 Å². The van der Waals surface area contributed by atoms with Crippen LogP contribution in [0.3, 0.4) is 0 Å². The molecule has 0 radical (unpaired) electrons. The van der Waals surface area contributed by atoms with E-state index in [1.54, 1.807) is 0 Å². The summed E-state index contributed by atoms with van der Waals surface area (Å²) in [5, 5.41) is 3.52. The first-order valence-electron chi connectivity index (χ1n) is 7.26. The number of hydrogen-bond donors (Lipinski definition) is 1. The first kappa shape index (κ1) is 14.3. The topological polar surface area (TPSA) is 37.4 Å². The van der Waals surface area contributed by atoms with Crippen molar-refractivity contribution in [3.05, 3.63) is 23.9 Å². The highest BCUT2D eigenvalue weighted by Gasteiger charge is 2.18. The van der Waals surface area contributed by atoms with Gasteiger partial charge in [-0.05, 0) is 44.5 Å². The van der Waals surface area contributed by atoms with Gasteiger partial charge in [0.25, 0.3) is 0 Å². The summed E-state index contributed by atoms with van der Waals surface area (Å²) in [7, 11) is 0. The monoisotopic (exact) mass is 263 g/mol. The Hall–Kier alpha value is -1.13. The molecule has 0 aromatic carbocycles. The van der Waals surface area contributed by atoms with Crippen molar-refractivity contribution in [3.8, 4) is 0 Å². The van der Waals surface area contributed by atoms with Crippen LogP contribution in [0.5, 0.6) is 0 Å². The molecule has 1 aromatic rings. The minimum Gasteiger partial charge on any atom is -0.375 e. The molecule has 2 heterocycles. The summed E-state index contributed by atoms with van der Waals surface area (Å²) >= 11 is 0. The fourth-order valence-corrected chi connectivity index (χ4v) is 2.38. The van der Waals surface area contributed by atoms with Gasteiger partial charge in [0.05, 0.1) is 12.7 Å². The quantitative estimate of drug-likeness (QED) is 0.885. The third-order valence-corrected chi connectivity index (χ3v) is 3.54. The van der Waals surface area contributed by atoms with Gasteiger partial charge in [-0.3, -0.25) is 0 Å². The van der Waals surface area contributed by atoms with Crippen molar-refractivity contribution in [1.29, 1.82) is 0 Å². The molecule has 0 spiro atoms. The number of ether oxygens (including phenoxy) is 1. The molecule has 106 valence electrons. The molecule has 0 bridgehead atoms. The highest BCUT2D eigenvalue weighted by Crippen LogP contribution is 2.20. The summed E-state index contributed by atoms with van der Waals surface area (Å²) in [6.07, 6.45) is 3.35. The van der Waals surface area contributed by atoms with Crippen molar-refractivity contribution in [2.24, 2.45) is 0 Å². The Labute approximate surface area is 116 Å². The number of morpholine rings is 1. The second-order valence-corrected chi connectivity index (χ2v) is 5.25. The van der Waals surface area contributed by atoms with Crippen LogP contribution in [0.4, 0.5) is 5.82 Å². The minimum absolute atomic E-state index is 0.287. The molecule has 1 N–H and O–H groups in total. The van der Waals surface area contributed by atoms with Crippen LogP contribution in [0.1, 0.15) is 38.8 Å². The molecule has 2 unspecified atom stereocenters. The van der Waals surface area contributed by atoms with E-state index in [1.165, 1.54) is 5.56 Å². The average Bonchev–Trinajstić information content (AvgIpc) is 2.45. The van der Waals surface area contributed by atoms with Crippen LogP contribution in [0, 0.1) is 0 Å². The normalized spacial score (nSPS) is 21.4. The minimum atomic E-state index is 0.287. The maximum Gasteiger partial charge on any atom is 0.128 e. The highest BCUT2D eigenvalue weighted by molar-refractivity contribution is 5.42. The van der Waals surface area contributed by atoms with Gasteiger partial charge in [0.15, 0.2) is 0 Å². The van der Waals surface area contributed by atoms with Gasteiger partial charge in [-0.1, -0.05) is 6.92 Å². The van der Waals surface area contributed by atoms with Gasteiger partial charge in [0.2, 0.25) is 0 Å². The fourth-order valence-electron chi connectivity index (χ4n) is 2.38. The molecule has 4 heteroatoms. The average molecular weight is 263 g/mol. The Morgan fingerprint density at radius 3 is 3.16 bits per heavy atom. The summed E-state index contributed by atoms with van der Waals surface area (Å²) in [5.41, 5.74) is 1.30. The van der Waals surface area contributed by atoms with Crippen molar-refractivity contribution >= 4 is 5.82 Å². The van der Waals surface area contributed by atoms with Crippen LogP contribution >= 0.6 is 0 Å². The van der Waals surface area contributed by atoms with E-state index in [0.29, 0.717) is 6.04 Å². The van der Waals surface area contributed by atoms with Gasteiger partial charge >= 0.3 is 0 Å². The molecule has 1 aromatic heterocycles. The summed E-state index contributed by atoms with van der Waals surface area (Å²) < 4.78 is 5.58. The van der Waals surface area contributed by atoms with E-state index in [0.717, 1.165) is 38.5 Å². The van der Waals surface area contributed by atoms with Crippen molar-refractivity contribution in [1.82, 2.24) is 10.3 Å². The maximum atomic E-state index is 5.58. The number of aromatic nitrogens is 1. The zero-order valence-electron chi connectivity index (χ0n) is 12.2. The van der Waals surface area contributed by atoms with Crippen LogP contribution in [0.15, 0.2) is 18.3 Å². The zero-order valence-corrected chi connectivity index (χ0v) is 12.2. The second-order valence-electron chi connectivity index (χ2n) is 5.25. The lowest BCUT2D eigenvalue weighted by molar-refractivity contribution is 0.0529. The van der Waals surface area contributed by atoms with E-state index in [9.17, 15) is 0 Å². The molecule has 1 fully saturated rings. The Morgan fingerprint density at radius 2 is 2.42 bits per heavy atom. The Balaban J connectivity index is 2.05. The van der Waals surface area contributed by atoms with Crippen molar-refractivity contribution in [3.63, 3.8) is 0 Å². The molecular weight excluding hydrogens is 238 g/mol. The third-order valence-electron chi connectivity index (χ3n) is 3.54.